The van der Waals surface area contributed by atoms with Crippen molar-refractivity contribution in [2.75, 3.05) is 5.32 Å². The number of carboxylic acids is 1. The fraction of sp³-hybridized carbons (Fsp3) is 0.0769. The van der Waals surface area contributed by atoms with E-state index >= 15 is 0 Å². The van der Waals surface area contributed by atoms with Crippen LogP contribution in [0.15, 0.2) is 36.5 Å². The van der Waals surface area contributed by atoms with Gasteiger partial charge in [0, 0.05) is 6.20 Å². The Balaban J connectivity index is 2.21. The van der Waals surface area contributed by atoms with Crippen LogP contribution in [-0.4, -0.2) is 21.0 Å². The maximum absolute atomic E-state index is 11.0. The largest absolute Gasteiger partial charge is 0.478 e. The maximum atomic E-state index is 11.0. The van der Waals surface area contributed by atoms with Crippen molar-refractivity contribution < 1.29 is 14.8 Å². The first-order valence-corrected chi connectivity index (χ1v) is 6.22. The number of halogens is 1. The Morgan fingerprint density at radius 2 is 2.19 bits per heavy atom. The molecule has 0 aliphatic heterocycles. The Hall–Kier alpha value is -2.67. The normalized spacial score (nSPS) is 10.1. The van der Waals surface area contributed by atoms with Crippen molar-refractivity contribution in [2.45, 2.75) is 6.54 Å². The van der Waals surface area contributed by atoms with Crippen LogP contribution in [-0.2, 0) is 6.54 Å². The number of para-hydroxylation sites is 1. The summed E-state index contributed by atoms with van der Waals surface area (Å²) in [6.07, 6.45) is 1.37. The van der Waals surface area contributed by atoms with Crippen molar-refractivity contribution in [2.24, 2.45) is 0 Å². The molecule has 0 unspecified atom stereocenters. The fourth-order valence-corrected chi connectivity index (χ4v) is 1.98. The molecule has 1 aromatic carbocycles. The topological polar surface area (TPSA) is 105 Å². The molecule has 1 heterocycles. The molecular formula is C13H10ClN3O4. The SMILES string of the molecule is O=C(O)c1ccnc(CNc2cccc(Cl)c2[N+](=O)[O-])c1. The lowest BCUT2D eigenvalue weighted by Crippen LogP contribution is -2.06. The molecule has 0 fully saturated rings. The quantitative estimate of drug-likeness (QED) is 0.650. The molecule has 0 spiro atoms. The van der Waals surface area contributed by atoms with Crippen LogP contribution >= 0.6 is 11.6 Å². The number of nitrogens with zero attached hydrogens (tertiary/aromatic N) is 2. The van der Waals surface area contributed by atoms with E-state index in [0.717, 1.165) is 0 Å². The van der Waals surface area contributed by atoms with E-state index in [1.165, 1.54) is 30.5 Å². The second kappa shape index (κ2) is 6.19. The summed E-state index contributed by atoms with van der Waals surface area (Å²) in [5, 5.41) is 22.7. The van der Waals surface area contributed by atoms with Crippen LogP contribution in [0.2, 0.25) is 5.02 Å². The lowest BCUT2D eigenvalue weighted by Gasteiger charge is -2.08. The van der Waals surface area contributed by atoms with Gasteiger partial charge in [0.25, 0.3) is 0 Å². The second-order valence-corrected chi connectivity index (χ2v) is 4.49. The highest BCUT2D eigenvalue weighted by Gasteiger charge is 2.18. The molecule has 1 aromatic heterocycles. The van der Waals surface area contributed by atoms with Gasteiger partial charge in [-0.1, -0.05) is 17.7 Å². The van der Waals surface area contributed by atoms with Crippen LogP contribution in [0, 0.1) is 10.1 Å². The molecule has 0 radical (unpaired) electrons. The number of hydrogen-bond donors (Lipinski definition) is 2. The second-order valence-electron chi connectivity index (χ2n) is 4.09. The van der Waals surface area contributed by atoms with Gasteiger partial charge in [-0.2, -0.15) is 0 Å². The van der Waals surface area contributed by atoms with Gasteiger partial charge in [0.05, 0.1) is 22.7 Å². The summed E-state index contributed by atoms with van der Waals surface area (Å²) >= 11 is 5.80. The van der Waals surface area contributed by atoms with Crippen LogP contribution in [0.4, 0.5) is 11.4 Å². The Labute approximate surface area is 124 Å². The first-order chi connectivity index (χ1) is 9.99. The number of nitro benzene ring substituents is 1. The van der Waals surface area contributed by atoms with Crippen LogP contribution in [0.1, 0.15) is 16.1 Å². The first kappa shape index (κ1) is 14.7. The van der Waals surface area contributed by atoms with Gasteiger partial charge in [-0.3, -0.25) is 15.1 Å². The third-order valence-electron chi connectivity index (χ3n) is 2.69. The Kier molecular flexibility index (Phi) is 4.34. The smallest absolute Gasteiger partial charge is 0.335 e. The van der Waals surface area contributed by atoms with Gasteiger partial charge in [0.1, 0.15) is 10.7 Å². The van der Waals surface area contributed by atoms with Gasteiger partial charge in [0.2, 0.25) is 0 Å². The summed E-state index contributed by atoms with van der Waals surface area (Å²) in [4.78, 5) is 25.3. The lowest BCUT2D eigenvalue weighted by atomic mass is 10.2. The number of nitrogens with one attached hydrogen (secondary N) is 1. The van der Waals surface area contributed by atoms with Gasteiger partial charge in [-0.05, 0) is 24.3 Å². The molecule has 0 aliphatic carbocycles. The molecule has 0 amide bonds. The highest BCUT2D eigenvalue weighted by molar-refractivity contribution is 6.33. The van der Waals surface area contributed by atoms with Gasteiger partial charge in [-0.25, -0.2) is 4.79 Å². The van der Waals surface area contributed by atoms with E-state index in [1.807, 2.05) is 0 Å². The van der Waals surface area contributed by atoms with E-state index in [0.29, 0.717) is 5.69 Å². The van der Waals surface area contributed by atoms with Crippen molar-refractivity contribution in [3.8, 4) is 0 Å². The zero-order valence-corrected chi connectivity index (χ0v) is 11.4. The molecule has 2 aromatic rings. The van der Waals surface area contributed by atoms with E-state index in [4.69, 9.17) is 16.7 Å². The van der Waals surface area contributed by atoms with Crippen molar-refractivity contribution in [1.82, 2.24) is 4.98 Å². The molecule has 7 nitrogen and oxygen atoms in total. The number of rotatable bonds is 5. The van der Waals surface area contributed by atoms with Crippen LogP contribution in [0.5, 0.6) is 0 Å². The number of pyridine rings is 1. The molecule has 0 atom stereocenters. The van der Waals surface area contributed by atoms with Crippen molar-refractivity contribution in [3.63, 3.8) is 0 Å². The lowest BCUT2D eigenvalue weighted by molar-refractivity contribution is -0.383. The highest BCUT2D eigenvalue weighted by atomic mass is 35.5. The maximum Gasteiger partial charge on any atom is 0.335 e. The Bertz CT molecular complexity index is 706. The number of aromatic nitrogens is 1. The summed E-state index contributed by atoms with van der Waals surface area (Å²) in [5.41, 5.74) is 0.565. The average Bonchev–Trinajstić information content (AvgIpc) is 2.45. The van der Waals surface area contributed by atoms with Crippen LogP contribution in [0.25, 0.3) is 0 Å². The minimum absolute atomic E-state index is 0.0252. The molecule has 0 saturated heterocycles. The number of anilines is 1. The predicted octanol–water partition coefficient (Wildman–Crippen LogP) is 2.95. The molecule has 2 N–H and O–H groups in total. The fourth-order valence-electron chi connectivity index (χ4n) is 1.74. The summed E-state index contributed by atoms with van der Waals surface area (Å²) in [7, 11) is 0. The van der Waals surface area contributed by atoms with Gasteiger partial charge in [-0.15, -0.1) is 0 Å². The molecule has 0 saturated carbocycles. The minimum Gasteiger partial charge on any atom is -0.478 e. The van der Waals surface area contributed by atoms with Gasteiger partial charge < -0.3 is 10.4 Å². The molecule has 8 heteroatoms. The predicted molar refractivity (Wildman–Crippen MR) is 76.6 cm³/mol. The third kappa shape index (κ3) is 3.46. The Morgan fingerprint density at radius 3 is 2.86 bits per heavy atom. The average molecular weight is 308 g/mol. The zero-order valence-electron chi connectivity index (χ0n) is 10.6. The molecule has 0 bridgehead atoms. The first-order valence-electron chi connectivity index (χ1n) is 5.84. The number of hydrogen-bond acceptors (Lipinski definition) is 5. The summed E-state index contributed by atoms with van der Waals surface area (Å²) in [5.74, 6) is -1.06. The summed E-state index contributed by atoms with van der Waals surface area (Å²) in [6, 6.07) is 7.29. The zero-order chi connectivity index (χ0) is 15.4. The van der Waals surface area contributed by atoms with E-state index in [-0.39, 0.29) is 28.5 Å². The standard InChI is InChI=1S/C13H10ClN3O4/c14-10-2-1-3-11(12(10)17(20)21)16-7-9-6-8(13(18)19)4-5-15-9/h1-6,16H,7H2,(H,18,19). The number of carboxylic acid groups (broad SMARTS) is 1. The third-order valence-corrected chi connectivity index (χ3v) is 3.00. The van der Waals surface area contributed by atoms with E-state index in [1.54, 1.807) is 6.07 Å². The van der Waals surface area contributed by atoms with E-state index in [2.05, 4.69) is 10.3 Å². The minimum atomic E-state index is -1.06. The Morgan fingerprint density at radius 1 is 1.43 bits per heavy atom. The number of nitro groups is 1. The molecule has 21 heavy (non-hydrogen) atoms. The molecule has 0 aliphatic rings. The van der Waals surface area contributed by atoms with Gasteiger partial charge in [0.15, 0.2) is 0 Å². The molecule has 2 rings (SSSR count). The van der Waals surface area contributed by atoms with Crippen molar-refractivity contribution >= 4 is 28.9 Å². The number of carbonyl (C=O) groups is 1. The summed E-state index contributed by atoms with van der Waals surface area (Å²) in [6.45, 7) is 0.141. The molecular weight excluding hydrogens is 298 g/mol. The van der Waals surface area contributed by atoms with Crippen LogP contribution in [0.3, 0.4) is 0 Å². The van der Waals surface area contributed by atoms with Gasteiger partial charge >= 0.3 is 11.7 Å². The van der Waals surface area contributed by atoms with Crippen molar-refractivity contribution in [3.05, 3.63) is 62.9 Å². The highest BCUT2D eigenvalue weighted by Crippen LogP contribution is 2.32. The number of aromatic carboxylic acids is 1. The number of benzene rings is 1. The van der Waals surface area contributed by atoms with Crippen LogP contribution < -0.4 is 5.32 Å². The van der Waals surface area contributed by atoms with Crippen molar-refractivity contribution in [1.29, 1.82) is 0 Å². The molecule has 108 valence electrons. The monoisotopic (exact) mass is 307 g/mol. The summed E-state index contributed by atoms with van der Waals surface area (Å²) < 4.78 is 0. The van der Waals surface area contributed by atoms with E-state index < -0.39 is 10.9 Å². The van der Waals surface area contributed by atoms with E-state index in [9.17, 15) is 14.9 Å².